The summed E-state index contributed by atoms with van der Waals surface area (Å²) >= 11 is 0. The minimum Gasteiger partial charge on any atom is -0.361 e. The summed E-state index contributed by atoms with van der Waals surface area (Å²) in [6, 6.07) is 14.4. The van der Waals surface area contributed by atoms with Crippen LogP contribution in [0.5, 0.6) is 0 Å². The van der Waals surface area contributed by atoms with Crippen molar-refractivity contribution < 1.29 is 19.2 Å². The molecular weight excluding hydrogens is 484 g/mol. The zero-order valence-corrected chi connectivity index (χ0v) is 21.4. The smallest absolute Gasteiger partial charge is 0.327 e. The van der Waals surface area contributed by atoms with Crippen LogP contribution in [0.3, 0.4) is 0 Å². The van der Waals surface area contributed by atoms with E-state index in [1.54, 1.807) is 20.3 Å². The van der Waals surface area contributed by atoms with Gasteiger partial charge >= 0.3 is 12.1 Å². The van der Waals surface area contributed by atoms with E-state index in [2.05, 4.69) is 9.97 Å². The number of amides is 6. The van der Waals surface area contributed by atoms with E-state index in [1.807, 2.05) is 48.5 Å². The third-order valence-corrected chi connectivity index (χ3v) is 9.05. The fourth-order valence-electron chi connectivity index (χ4n) is 7.27. The topological polar surface area (TPSA) is 113 Å². The first-order chi connectivity index (χ1) is 18.2. The van der Waals surface area contributed by atoms with Gasteiger partial charge in [-0.2, -0.15) is 0 Å². The van der Waals surface area contributed by atoms with Crippen molar-refractivity contribution >= 4 is 45.7 Å². The molecule has 0 bridgehead atoms. The first kappa shape index (κ1) is 22.6. The van der Waals surface area contributed by atoms with Crippen LogP contribution in [0, 0.1) is 0 Å². The summed E-state index contributed by atoms with van der Waals surface area (Å²) in [6.45, 7) is 0. The highest BCUT2D eigenvalue weighted by atomic mass is 16.2. The highest BCUT2D eigenvalue weighted by molar-refractivity contribution is 6.14. The molecule has 3 aliphatic rings. The van der Waals surface area contributed by atoms with Crippen LogP contribution in [0.2, 0.25) is 0 Å². The second-order valence-electron chi connectivity index (χ2n) is 10.5. The zero-order valence-electron chi connectivity index (χ0n) is 21.4. The molecule has 10 heteroatoms. The Morgan fingerprint density at radius 3 is 2.00 bits per heavy atom. The van der Waals surface area contributed by atoms with Gasteiger partial charge in [-0.15, -0.1) is 0 Å². The molecule has 2 N–H and O–H groups in total. The molecule has 2 aromatic heterocycles. The molecule has 2 aromatic carbocycles. The van der Waals surface area contributed by atoms with Crippen LogP contribution in [0.4, 0.5) is 9.59 Å². The molecule has 38 heavy (non-hydrogen) atoms. The van der Waals surface area contributed by atoms with Crippen molar-refractivity contribution in [3.05, 3.63) is 71.5 Å². The lowest BCUT2D eigenvalue weighted by Crippen LogP contribution is -2.67. The third kappa shape index (κ3) is 2.26. The highest BCUT2D eigenvalue weighted by Crippen LogP contribution is 2.61. The zero-order chi connectivity index (χ0) is 26.7. The number of hydrogen-bond acceptors (Lipinski definition) is 4. The largest absolute Gasteiger partial charge is 0.361 e. The number of fused-ring (bicyclic) bond motifs is 5. The molecular formula is C28H26N6O4. The van der Waals surface area contributed by atoms with Crippen LogP contribution < -0.4 is 0 Å². The summed E-state index contributed by atoms with van der Waals surface area (Å²) in [5.74, 6) is -1.77. The Morgan fingerprint density at radius 1 is 0.763 bits per heavy atom. The van der Waals surface area contributed by atoms with Crippen molar-refractivity contribution in [2.24, 2.45) is 0 Å². The van der Waals surface area contributed by atoms with Crippen LogP contribution >= 0.6 is 0 Å². The minimum atomic E-state index is -1.61. The van der Waals surface area contributed by atoms with E-state index in [0.717, 1.165) is 37.2 Å². The fourth-order valence-corrected chi connectivity index (χ4v) is 7.27. The number of likely N-dealkylation sites (N-methyl/N-ethyl adjacent to an activating group) is 4. The number of benzene rings is 2. The standard InChI is InChI=1S/C28H26N6O4/c1-31-23(35)27(33(3)25(31)37)13-17-15-9-6-8-12-20(15)30-22(17)28(24(36)32(2)26(38)34(28)4)21(27)18-14-29-19-11-7-5-10-16(18)19/h5-12,14,21,29-30H,13H2,1-4H3/t21-,27+,28+/m0/s1. The summed E-state index contributed by atoms with van der Waals surface area (Å²) < 4.78 is 0. The molecule has 2 fully saturated rings. The van der Waals surface area contributed by atoms with E-state index in [4.69, 9.17) is 0 Å². The number of carbonyl (C=O) groups excluding carboxylic acids is 4. The van der Waals surface area contributed by atoms with Crippen LogP contribution in [0.15, 0.2) is 54.7 Å². The fraction of sp³-hybridized carbons (Fsp3) is 0.286. The Kier molecular flexibility index (Phi) is 4.18. The molecule has 0 unspecified atom stereocenters. The van der Waals surface area contributed by atoms with Crippen LogP contribution in [0.25, 0.3) is 21.8 Å². The number of para-hydroxylation sites is 2. The number of carbonyl (C=O) groups is 4. The molecule has 2 spiro atoms. The van der Waals surface area contributed by atoms with E-state index >= 15 is 0 Å². The molecule has 0 radical (unpaired) electrons. The van der Waals surface area contributed by atoms with Crippen molar-refractivity contribution in [2.75, 3.05) is 28.2 Å². The van der Waals surface area contributed by atoms with Gasteiger partial charge in [-0.05, 0) is 23.3 Å². The minimum absolute atomic E-state index is 0.183. The predicted molar refractivity (Wildman–Crippen MR) is 139 cm³/mol. The molecule has 4 aromatic rings. The van der Waals surface area contributed by atoms with Crippen molar-refractivity contribution in [2.45, 2.75) is 23.4 Å². The molecule has 4 heterocycles. The first-order valence-corrected chi connectivity index (χ1v) is 12.4. The molecule has 2 aliphatic heterocycles. The van der Waals surface area contributed by atoms with E-state index in [1.165, 1.54) is 23.9 Å². The molecule has 3 atom stereocenters. The van der Waals surface area contributed by atoms with E-state index in [9.17, 15) is 19.2 Å². The number of aromatic nitrogens is 2. The van der Waals surface area contributed by atoms with Gasteiger partial charge in [-0.3, -0.25) is 19.4 Å². The summed E-state index contributed by atoms with van der Waals surface area (Å²) in [5.41, 5.74) is 0.564. The lowest BCUT2D eigenvalue weighted by Gasteiger charge is -2.52. The number of imide groups is 2. The normalized spacial score (nSPS) is 27.3. The van der Waals surface area contributed by atoms with Crippen molar-refractivity contribution in [1.29, 1.82) is 0 Å². The second kappa shape index (κ2) is 7.03. The van der Waals surface area contributed by atoms with E-state index in [0.29, 0.717) is 11.3 Å². The summed E-state index contributed by atoms with van der Waals surface area (Å²) in [4.78, 5) is 67.7. The van der Waals surface area contributed by atoms with Gasteiger partial charge in [0.1, 0.15) is 5.54 Å². The quantitative estimate of drug-likeness (QED) is 0.384. The Hall–Kier alpha value is -4.60. The van der Waals surface area contributed by atoms with E-state index in [-0.39, 0.29) is 6.42 Å². The number of nitrogens with zero attached hydrogens (tertiary/aromatic N) is 4. The Bertz CT molecular complexity index is 1740. The third-order valence-electron chi connectivity index (χ3n) is 9.05. The number of H-pyrrole nitrogens is 2. The Balaban J connectivity index is 1.69. The number of hydrogen-bond donors (Lipinski definition) is 2. The maximum Gasteiger partial charge on any atom is 0.327 e. The van der Waals surface area contributed by atoms with Crippen molar-refractivity contribution in [1.82, 2.24) is 29.6 Å². The highest BCUT2D eigenvalue weighted by Gasteiger charge is 2.74. The number of urea groups is 2. The van der Waals surface area contributed by atoms with Crippen LogP contribution in [-0.2, 0) is 21.5 Å². The van der Waals surface area contributed by atoms with Gasteiger partial charge in [-0.25, -0.2) is 9.59 Å². The van der Waals surface area contributed by atoms with Gasteiger partial charge in [-0.1, -0.05) is 36.4 Å². The molecule has 0 saturated carbocycles. The monoisotopic (exact) mass is 510 g/mol. The van der Waals surface area contributed by atoms with Gasteiger partial charge in [0.05, 0.1) is 11.6 Å². The molecule has 1 aliphatic carbocycles. The number of nitrogens with one attached hydrogen (secondary N) is 2. The summed E-state index contributed by atoms with van der Waals surface area (Å²) in [7, 11) is 6.15. The maximum absolute atomic E-state index is 14.5. The lowest BCUT2D eigenvalue weighted by molar-refractivity contribution is -0.142. The van der Waals surface area contributed by atoms with E-state index < -0.39 is 40.9 Å². The van der Waals surface area contributed by atoms with Gasteiger partial charge in [0.25, 0.3) is 11.8 Å². The van der Waals surface area contributed by atoms with Crippen LogP contribution in [-0.4, -0.2) is 87.2 Å². The molecule has 10 nitrogen and oxygen atoms in total. The summed E-state index contributed by atoms with van der Waals surface area (Å²) in [6.07, 6.45) is 1.99. The first-order valence-electron chi connectivity index (χ1n) is 12.4. The van der Waals surface area contributed by atoms with Gasteiger partial charge in [0, 0.05) is 62.6 Å². The van der Waals surface area contributed by atoms with Crippen LogP contribution in [0.1, 0.15) is 22.7 Å². The molecule has 2 saturated heterocycles. The SMILES string of the molecule is CN1C(=O)N(C)[C@@]2(Cc3c([nH]c4ccccc34)[C@@]3(C(=O)N(C)C(=O)N3C)[C@H]2c2c[nH]c3ccccc23)C1=O. The van der Waals surface area contributed by atoms with Gasteiger partial charge < -0.3 is 19.8 Å². The van der Waals surface area contributed by atoms with Crippen molar-refractivity contribution in [3.63, 3.8) is 0 Å². The molecule has 7 rings (SSSR count). The van der Waals surface area contributed by atoms with Gasteiger partial charge in [0.2, 0.25) is 0 Å². The van der Waals surface area contributed by atoms with Crippen molar-refractivity contribution in [3.8, 4) is 0 Å². The summed E-state index contributed by atoms with van der Waals surface area (Å²) in [5, 5.41) is 1.67. The predicted octanol–water partition coefficient (Wildman–Crippen LogP) is 2.97. The second-order valence-corrected chi connectivity index (χ2v) is 10.5. The average Bonchev–Trinajstić information content (AvgIpc) is 3.61. The Labute approximate surface area is 217 Å². The lowest BCUT2D eigenvalue weighted by atomic mass is 9.58. The number of aromatic amines is 2. The maximum atomic E-state index is 14.5. The molecule has 6 amide bonds. The average molecular weight is 511 g/mol. The Morgan fingerprint density at radius 2 is 1.37 bits per heavy atom. The van der Waals surface area contributed by atoms with Gasteiger partial charge in [0.15, 0.2) is 5.54 Å². The molecule has 192 valence electrons. The number of rotatable bonds is 1.